The molecule has 0 fully saturated rings. The van der Waals surface area contributed by atoms with Gasteiger partial charge in [0.2, 0.25) is 0 Å². The zero-order chi connectivity index (χ0) is 15.3. The zero-order valence-corrected chi connectivity index (χ0v) is 11.6. The molecule has 0 saturated carbocycles. The van der Waals surface area contributed by atoms with Gasteiger partial charge in [-0.3, -0.25) is 0 Å². The first-order chi connectivity index (χ1) is 10.0. The molecule has 1 N–H and O–H groups in total. The Morgan fingerprint density at radius 2 is 1.67 bits per heavy atom. The van der Waals surface area contributed by atoms with Crippen molar-refractivity contribution in [2.24, 2.45) is 0 Å². The average Bonchev–Trinajstić information content (AvgIpc) is 2.46. The lowest BCUT2D eigenvalue weighted by atomic mass is 10.1. The monoisotopic (exact) mass is 295 g/mol. The van der Waals surface area contributed by atoms with Crippen LogP contribution in [0.15, 0.2) is 48.5 Å². The van der Waals surface area contributed by atoms with Gasteiger partial charge in [-0.25, -0.2) is 0 Å². The van der Waals surface area contributed by atoms with Gasteiger partial charge in [-0.2, -0.15) is 13.2 Å². The van der Waals surface area contributed by atoms with Crippen LogP contribution in [0.25, 0.3) is 0 Å². The molecule has 0 aliphatic carbocycles. The Morgan fingerprint density at radius 3 is 2.29 bits per heavy atom. The smallest absolute Gasteiger partial charge is 0.416 e. The van der Waals surface area contributed by atoms with Crippen molar-refractivity contribution in [2.75, 3.05) is 7.05 Å². The predicted octanol–water partition coefficient (Wildman–Crippen LogP) is 4.00. The van der Waals surface area contributed by atoms with Crippen LogP contribution in [-0.4, -0.2) is 7.05 Å². The van der Waals surface area contributed by atoms with Crippen molar-refractivity contribution in [1.29, 1.82) is 0 Å². The maximum absolute atomic E-state index is 12.5. The van der Waals surface area contributed by atoms with Crippen molar-refractivity contribution in [3.63, 3.8) is 0 Å². The molecule has 0 amide bonds. The number of hydrogen-bond donors (Lipinski definition) is 1. The number of nitrogens with one attached hydrogen (secondary N) is 1. The van der Waals surface area contributed by atoms with Gasteiger partial charge in [-0.05, 0) is 30.8 Å². The van der Waals surface area contributed by atoms with E-state index in [1.54, 1.807) is 0 Å². The molecule has 2 aromatic carbocycles. The van der Waals surface area contributed by atoms with Crippen LogP contribution in [0.4, 0.5) is 13.2 Å². The molecule has 0 radical (unpaired) electrons. The highest BCUT2D eigenvalue weighted by molar-refractivity contribution is 5.33. The molecular weight excluding hydrogens is 279 g/mol. The molecule has 0 aliphatic heterocycles. The van der Waals surface area contributed by atoms with E-state index in [0.29, 0.717) is 12.1 Å². The van der Waals surface area contributed by atoms with Crippen molar-refractivity contribution in [3.8, 4) is 5.75 Å². The van der Waals surface area contributed by atoms with Gasteiger partial charge in [0.05, 0.1) is 5.56 Å². The van der Waals surface area contributed by atoms with E-state index in [2.05, 4.69) is 5.32 Å². The van der Waals surface area contributed by atoms with Gasteiger partial charge in [0.1, 0.15) is 12.4 Å². The third-order valence-electron chi connectivity index (χ3n) is 3.02. The Labute approximate surface area is 121 Å². The van der Waals surface area contributed by atoms with Crippen LogP contribution in [-0.2, 0) is 19.3 Å². The maximum Gasteiger partial charge on any atom is 0.416 e. The fourth-order valence-electron chi connectivity index (χ4n) is 1.93. The van der Waals surface area contributed by atoms with E-state index in [1.807, 2.05) is 31.3 Å². The summed E-state index contributed by atoms with van der Waals surface area (Å²) >= 11 is 0. The molecule has 0 spiro atoms. The molecule has 0 unspecified atom stereocenters. The molecule has 2 aromatic rings. The highest BCUT2D eigenvalue weighted by Gasteiger charge is 2.29. The van der Waals surface area contributed by atoms with Crippen molar-refractivity contribution < 1.29 is 17.9 Å². The molecule has 0 bridgehead atoms. The first-order valence-corrected chi connectivity index (χ1v) is 6.52. The summed E-state index contributed by atoms with van der Waals surface area (Å²) < 4.78 is 43.1. The molecule has 0 heterocycles. The normalized spacial score (nSPS) is 11.4. The van der Waals surface area contributed by atoms with E-state index in [1.165, 1.54) is 12.1 Å². The number of hydrogen-bond acceptors (Lipinski definition) is 2. The maximum atomic E-state index is 12.5. The summed E-state index contributed by atoms with van der Waals surface area (Å²) in [7, 11) is 1.84. The summed E-state index contributed by atoms with van der Waals surface area (Å²) in [6, 6.07) is 12.6. The largest absolute Gasteiger partial charge is 0.489 e. The number of rotatable bonds is 5. The molecule has 0 aromatic heterocycles. The number of benzene rings is 2. The number of ether oxygens (including phenoxy) is 1. The van der Waals surface area contributed by atoms with Crippen molar-refractivity contribution >= 4 is 0 Å². The van der Waals surface area contributed by atoms with Crippen LogP contribution in [0, 0.1) is 0 Å². The Balaban J connectivity index is 2.03. The van der Waals surface area contributed by atoms with Crippen molar-refractivity contribution in [2.45, 2.75) is 19.3 Å². The lowest BCUT2D eigenvalue weighted by Gasteiger charge is -2.12. The summed E-state index contributed by atoms with van der Waals surface area (Å²) in [5.74, 6) is 0.728. The van der Waals surface area contributed by atoms with Crippen LogP contribution in [0.5, 0.6) is 5.75 Å². The summed E-state index contributed by atoms with van der Waals surface area (Å²) in [4.78, 5) is 0. The van der Waals surface area contributed by atoms with Gasteiger partial charge in [0.25, 0.3) is 0 Å². The van der Waals surface area contributed by atoms with Crippen molar-refractivity contribution in [3.05, 3.63) is 65.2 Å². The van der Waals surface area contributed by atoms with Gasteiger partial charge < -0.3 is 10.1 Å². The highest BCUT2D eigenvalue weighted by Crippen LogP contribution is 2.29. The molecule has 2 rings (SSSR count). The summed E-state index contributed by atoms with van der Waals surface area (Å²) in [6.07, 6.45) is -4.31. The Morgan fingerprint density at radius 1 is 1.00 bits per heavy atom. The number of alkyl halides is 3. The van der Waals surface area contributed by atoms with Gasteiger partial charge in [0.15, 0.2) is 0 Å². The molecule has 112 valence electrons. The Bertz CT molecular complexity index is 579. The molecule has 0 saturated heterocycles. The minimum Gasteiger partial charge on any atom is -0.489 e. The molecule has 0 atom stereocenters. The fraction of sp³-hybridized carbons (Fsp3) is 0.250. The van der Waals surface area contributed by atoms with Crippen LogP contribution < -0.4 is 10.1 Å². The third-order valence-corrected chi connectivity index (χ3v) is 3.02. The number of para-hydroxylation sites is 1. The Hall–Kier alpha value is -2.01. The van der Waals surface area contributed by atoms with Crippen LogP contribution in [0.1, 0.15) is 16.7 Å². The van der Waals surface area contributed by atoms with E-state index >= 15 is 0 Å². The lowest BCUT2D eigenvalue weighted by molar-refractivity contribution is -0.137. The fourth-order valence-corrected chi connectivity index (χ4v) is 1.93. The van der Waals surface area contributed by atoms with E-state index < -0.39 is 11.7 Å². The quantitative estimate of drug-likeness (QED) is 0.900. The first-order valence-electron chi connectivity index (χ1n) is 6.52. The molecule has 21 heavy (non-hydrogen) atoms. The molecule has 2 nitrogen and oxygen atoms in total. The van der Waals surface area contributed by atoms with E-state index in [9.17, 15) is 13.2 Å². The van der Waals surface area contributed by atoms with Crippen LogP contribution >= 0.6 is 0 Å². The highest BCUT2D eigenvalue weighted by atomic mass is 19.4. The molecule has 0 aliphatic rings. The average molecular weight is 295 g/mol. The van der Waals surface area contributed by atoms with Crippen LogP contribution in [0.2, 0.25) is 0 Å². The molecular formula is C16H16F3NO. The topological polar surface area (TPSA) is 21.3 Å². The first kappa shape index (κ1) is 15.4. The zero-order valence-electron chi connectivity index (χ0n) is 11.6. The van der Waals surface area contributed by atoms with E-state index in [-0.39, 0.29) is 6.61 Å². The standard InChI is InChI=1S/C16H16F3NO/c1-20-10-13-4-2-3-5-15(13)21-11-12-6-8-14(9-7-12)16(17,18)19/h2-9,20H,10-11H2,1H3. The summed E-state index contributed by atoms with van der Waals surface area (Å²) in [6.45, 7) is 0.905. The summed E-state index contributed by atoms with van der Waals surface area (Å²) in [5, 5.41) is 3.04. The van der Waals surface area contributed by atoms with Gasteiger partial charge >= 0.3 is 6.18 Å². The second kappa shape index (κ2) is 6.63. The van der Waals surface area contributed by atoms with Crippen molar-refractivity contribution in [1.82, 2.24) is 5.32 Å². The van der Waals surface area contributed by atoms with Crippen LogP contribution in [0.3, 0.4) is 0 Å². The third kappa shape index (κ3) is 4.23. The number of halogens is 3. The lowest BCUT2D eigenvalue weighted by Crippen LogP contribution is -2.08. The van der Waals surface area contributed by atoms with E-state index in [0.717, 1.165) is 23.4 Å². The van der Waals surface area contributed by atoms with Gasteiger partial charge in [-0.15, -0.1) is 0 Å². The minimum atomic E-state index is -4.31. The van der Waals surface area contributed by atoms with Gasteiger partial charge in [-0.1, -0.05) is 30.3 Å². The molecule has 5 heteroatoms. The predicted molar refractivity (Wildman–Crippen MR) is 75.0 cm³/mol. The van der Waals surface area contributed by atoms with E-state index in [4.69, 9.17) is 4.74 Å². The Kier molecular flexibility index (Phi) is 4.85. The minimum absolute atomic E-state index is 0.235. The second-order valence-electron chi connectivity index (χ2n) is 4.62. The second-order valence-corrected chi connectivity index (χ2v) is 4.62. The SMILES string of the molecule is CNCc1ccccc1OCc1ccc(C(F)(F)F)cc1. The summed E-state index contributed by atoms with van der Waals surface area (Å²) in [5.41, 5.74) is 1.05. The van der Waals surface area contributed by atoms with Gasteiger partial charge in [0, 0.05) is 12.1 Å².